The average Bonchev–Trinajstić information content (AvgIpc) is 2.90. The number of unbranched alkanes of at least 4 members (excludes halogenated alkanes) is 2. The molecule has 1 atom stereocenters. The van der Waals surface area contributed by atoms with E-state index in [0.717, 1.165) is 18.2 Å². The van der Waals surface area contributed by atoms with Crippen LogP contribution in [0.2, 0.25) is 0 Å². The van der Waals surface area contributed by atoms with Gasteiger partial charge in [-0.05, 0) is 66.5 Å². The van der Waals surface area contributed by atoms with Crippen molar-refractivity contribution < 1.29 is 0 Å². The lowest BCUT2D eigenvalue weighted by molar-refractivity contribution is 0.302. The quantitative estimate of drug-likeness (QED) is 0.262. The van der Waals surface area contributed by atoms with Gasteiger partial charge in [-0.3, -0.25) is 0 Å². The molecule has 1 aromatic heterocycles. The molecule has 2 nitrogen and oxygen atoms in total. The van der Waals surface area contributed by atoms with Crippen molar-refractivity contribution in [2.24, 2.45) is 11.8 Å². The number of hydrogen-bond donors (Lipinski definition) is 0. The van der Waals surface area contributed by atoms with Crippen LogP contribution in [-0.4, -0.2) is 9.97 Å². The molecule has 2 aromatic carbocycles. The predicted octanol–water partition coefficient (Wildman–Crippen LogP) is 9.29. The summed E-state index contributed by atoms with van der Waals surface area (Å²) in [5, 5.41) is 0. The molecule has 0 spiro atoms. The van der Waals surface area contributed by atoms with Gasteiger partial charge in [0.2, 0.25) is 0 Å². The fourth-order valence-electron chi connectivity index (χ4n) is 6.09. The Morgan fingerprint density at radius 2 is 1.34 bits per heavy atom. The second-order valence-corrected chi connectivity index (χ2v) is 11.1. The molecule has 1 heterocycles. The second kappa shape index (κ2) is 13.0. The largest absolute Gasteiger partial charge is 0.241 e. The molecule has 3 aromatic rings. The van der Waals surface area contributed by atoms with E-state index in [1.807, 2.05) is 0 Å². The van der Waals surface area contributed by atoms with E-state index in [0.29, 0.717) is 11.8 Å². The van der Waals surface area contributed by atoms with E-state index in [4.69, 9.17) is 9.97 Å². The summed E-state index contributed by atoms with van der Waals surface area (Å²) in [5.74, 6) is 3.64. The fraction of sp³-hybridized carbons (Fsp3) is 0.515. The van der Waals surface area contributed by atoms with Gasteiger partial charge in [0, 0.05) is 24.2 Å². The molecule has 0 bridgehead atoms. The van der Waals surface area contributed by atoms with Crippen LogP contribution in [0.4, 0.5) is 0 Å². The van der Waals surface area contributed by atoms with Crippen molar-refractivity contribution in [2.75, 3.05) is 0 Å². The minimum absolute atomic E-state index is 0.253. The van der Waals surface area contributed by atoms with Crippen LogP contribution in [0.5, 0.6) is 0 Å². The first-order valence-corrected chi connectivity index (χ1v) is 14.1. The Balaban J connectivity index is 1.54. The van der Waals surface area contributed by atoms with Gasteiger partial charge in [0.1, 0.15) is 5.82 Å². The van der Waals surface area contributed by atoms with Crippen molar-refractivity contribution in [3.8, 4) is 0 Å². The molecule has 0 saturated heterocycles. The first-order valence-electron chi connectivity index (χ1n) is 14.1. The molecular weight excluding hydrogens is 424 g/mol. The van der Waals surface area contributed by atoms with Crippen molar-refractivity contribution in [1.82, 2.24) is 9.97 Å². The van der Waals surface area contributed by atoms with Gasteiger partial charge in [-0.2, -0.15) is 0 Å². The summed E-state index contributed by atoms with van der Waals surface area (Å²) in [7, 11) is 0. The summed E-state index contributed by atoms with van der Waals surface area (Å²) in [5.41, 5.74) is 4.04. The van der Waals surface area contributed by atoms with Crippen LogP contribution in [0.15, 0.2) is 73.1 Å². The Kier molecular flexibility index (Phi) is 9.51. The first kappa shape index (κ1) is 25.6. The highest BCUT2D eigenvalue weighted by Crippen LogP contribution is 2.42. The van der Waals surface area contributed by atoms with E-state index in [-0.39, 0.29) is 11.8 Å². The van der Waals surface area contributed by atoms with Crippen LogP contribution >= 0.6 is 0 Å². The van der Waals surface area contributed by atoms with Gasteiger partial charge in [0.15, 0.2) is 0 Å². The molecule has 0 aliphatic heterocycles. The lowest BCUT2D eigenvalue weighted by Gasteiger charge is -2.30. The highest BCUT2D eigenvalue weighted by Gasteiger charge is 2.30. The molecule has 35 heavy (non-hydrogen) atoms. The highest BCUT2D eigenvalue weighted by atomic mass is 14.9. The van der Waals surface area contributed by atoms with Crippen LogP contribution in [0.3, 0.4) is 0 Å². The first-order chi connectivity index (χ1) is 17.2. The van der Waals surface area contributed by atoms with E-state index in [1.54, 1.807) is 0 Å². The van der Waals surface area contributed by atoms with Crippen LogP contribution < -0.4 is 0 Å². The van der Waals surface area contributed by atoms with Gasteiger partial charge in [0.25, 0.3) is 0 Å². The van der Waals surface area contributed by atoms with Gasteiger partial charge in [-0.25, -0.2) is 9.97 Å². The maximum absolute atomic E-state index is 5.05. The third kappa shape index (κ3) is 7.03. The molecule has 1 fully saturated rings. The summed E-state index contributed by atoms with van der Waals surface area (Å²) < 4.78 is 0. The maximum Gasteiger partial charge on any atom is 0.132 e. The molecule has 186 valence electrons. The lowest BCUT2D eigenvalue weighted by Crippen LogP contribution is -2.19. The topological polar surface area (TPSA) is 25.8 Å². The standard InChI is InChI=1S/C33H44N2/c1-4-5-8-13-26-18-20-27(21-19-26)30-23-34-33(35-24-30)31(22-25(2)3)32(28-14-9-6-10-15-28)29-16-11-7-12-17-29/h6-7,9-12,14-17,23-27,31-32H,4-5,8,13,18-22H2,1-3H3. The molecular formula is C33H44N2. The fourth-order valence-corrected chi connectivity index (χ4v) is 6.09. The van der Waals surface area contributed by atoms with Crippen molar-refractivity contribution in [2.45, 2.75) is 96.3 Å². The van der Waals surface area contributed by atoms with Crippen LogP contribution in [0.1, 0.15) is 119 Å². The summed E-state index contributed by atoms with van der Waals surface area (Å²) in [4.78, 5) is 10.1. The molecule has 2 heteroatoms. The normalized spacial score (nSPS) is 19.2. The minimum atomic E-state index is 0.253. The van der Waals surface area contributed by atoms with Gasteiger partial charge in [-0.1, -0.05) is 107 Å². The Morgan fingerprint density at radius 3 is 1.86 bits per heavy atom. The van der Waals surface area contributed by atoms with Crippen LogP contribution in [0, 0.1) is 11.8 Å². The SMILES string of the molecule is CCCCCC1CCC(c2cnc(C(CC(C)C)C(c3ccccc3)c3ccccc3)nc2)CC1. The number of aromatic nitrogens is 2. The monoisotopic (exact) mass is 468 g/mol. The Labute approximate surface area is 213 Å². The zero-order chi connectivity index (χ0) is 24.5. The number of benzene rings is 2. The van der Waals surface area contributed by atoms with E-state index < -0.39 is 0 Å². The summed E-state index contributed by atoms with van der Waals surface area (Å²) in [6.07, 6.45) is 16.3. The molecule has 1 saturated carbocycles. The number of hydrogen-bond acceptors (Lipinski definition) is 2. The highest BCUT2D eigenvalue weighted by molar-refractivity contribution is 5.36. The van der Waals surface area contributed by atoms with E-state index in [1.165, 1.54) is 68.1 Å². The second-order valence-electron chi connectivity index (χ2n) is 11.1. The van der Waals surface area contributed by atoms with E-state index in [2.05, 4.69) is 93.8 Å². The summed E-state index contributed by atoms with van der Waals surface area (Å²) in [6.45, 7) is 6.93. The summed E-state index contributed by atoms with van der Waals surface area (Å²) >= 11 is 0. The molecule has 0 amide bonds. The number of rotatable bonds is 11. The molecule has 0 N–H and O–H groups in total. The minimum Gasteiger partial charge on any atom is -0.241 e. The van der Waals surface area contributed by atoms with E-state index >= 15 is 0 Å². The van der Waals surface area contributed by atoms with Gasteiger partial charge < -0.3 is 0 Å². The number of nitrogens with zero attached hydrogens (tertiary/aromatic N) is 2. The third-order valence-corrected chi connectivity index (χ3v) is 8.00. The smallest absolute Gasteiger partial charge is 0.132 e. The predicted molar refractivity (Wildman–Crippen MR) is 148 cm³/mol. The zero-order valence-corrected chi connectivity index (χ0v) is 22.1. The third-order valence-electron chi connectivity index (χ3n) is 8.00. The Morgan fingerprint density at radius 1 is 0.771 bits per heavy atom. The van der Waals surface area contributed by atoms with Crippen molar-refractivity contribution in [1.29, 1.82) is 0 Å². The van der Waals surface area contributed by atoms with Crippen LogP contribution in [-0.2, 0) is 0 Å². The molecule has 0 radical (unpaired) electrons. The van der Waals surface area contributed by atoms with Gasteiger partial charge in [0.05, 0.1) is 0 Å². The van der Waals surface area contributed by atoms with Crippen molar-refractivity contribution >= 4 is 0 Å². The lowest BCUT2D eigenvalue weighted by atomic mass is 9.76. The average molecular weight is 469 g/mol. The summed E-state index contributed by atoms with van der Waals surface area (Å²) in [6, 6.07) is 21.9. The van der Waals surface area contributed by atoms with Crippen molar-refractivity contribution in [3.05, 3.63) is 95.6 Å². The maximum atomic E-state index is 5.05. The zero-order valence-electron chi connectivity index (χ0n) is 22.1. The molecule has 1 unspecified atom stereocenters. The Hall–Kier alpha value is -2.48. The van der Waals surface area contributed by atoms with Crippen LogP contribution in [0.25, 0.3) is 0 Å². The van der Waals surface area contributed by atoms with Gasteiger partial charge >= 0.3 is 0 Å². The van der Waals surface area contributed by atoms with E-state index in [9.17, 15) is 0 Å². The van der Waals surface area contributed by atoms with Gasteiger partial charge in [-0.15, -0.1) is 0 Å². The van der Waals surface area contributed by atoms with Crippen molar-refractivity contribution in [3.63, 3.8) is 0 Å². The molecule has 4 rings (SSSR count). The Bertz CT molecular complexity index is 933. The molecule has 1 aliphatic rings. The molecule has 1 aliphatic carbocycles.